The number of carbonyl (C=O) groups is 1. The average molecular weight is 340 g/mol. The number of halogens is 1. The number of rotatable bonds is 4. The summed E-state index contributed by atoms with van der Waals surface area (Å²) >= 11 is 0. The summed E-state index contributed by atoms with van der Waals surface area (Å²) in [5, 5.41) is 8.63. The number of benzene rings is 1. The molecule has 1 heterocycles. The lowest BCUT2D eigenvalue weighted by molar-refractivity contribution is -0.152. The lowest BCUT2D eigenvalue weighted by atomic mass is 9.98. The SMILES string of the molecule is CC(C#N)OC(=O)C1CCN(S(=O)(=O)c2ccc(F)cc2)CC1. The number of sulfonamides is 1. The summed E-state index contributed by atoms with van der Waals surface area (Å²) in [4.78, 5) is 11.9. The van der Waals surface area contributed by atoms with Gasteiger partial charge in [0.1, 0.15) is 11.9 Å². The van der Waals surface area contributed by atoms with E-state index in [0.717, 1.165) is 12.1 Å². The Morgan fingerprint density at radius 2 is 1.91 bits per heavy atom. The van der Waals surface area contributed by atoms with Gasteiger partial charge in [0.05, 0.1) is 10.8 Å². The minimum Gasteiger partial charge on any atom is -0.447 e. The van der Waals surface area contributed by atoms with E-state index < -0.39 is 33.8 Å². The molecule has 0 radical (unpaired) electrons. The molecule has 2 rings (SSSR count). The van der Waals surface area contributed by atoms with Gasteiger partial charge in [-0.05, 0) is 44.0 Å². The third-order valence-corrected chi connectivity index (χ3v) is 5.63. The number of ether oxygens (including phenoxy) is 1. The van der Waals surface area contributed by atoms with Crippen molar-refractivity contribution >= 4 is 16.0 Å². The Morgan fingerprint density at radius 3 is 2.43 bits per heavy atom. The quantitative estimate of drug-likeness (QED) is 0.778. The predicted octanol–water partition coefficient (Wildman–Crippen LogP) is 1.68. The molecule has 1 fully saturated rings. The monoisotopic (exact) mass is 340 g/mol. The van der Waals surface area contributed by atoms with Gasteiger partial charge >= 0.3 is 5.97 Å². The first-order valence-electron chi connectivity index (χ1n) is 7.20. The number of esters is 1. The molecule has 0 aromatic heterocycles. The molecule has 0 saturated carbocycles. The van der Waals surface area contributed by atoms with Crippen LogP contribution < -0.4 is 0 Å². The Hall–Kier alpha value is -1.98. The number of piperidine rings is 1. The first-order valence-corrected chi connectivity index (χ1v) is 8.64. The summed E-state index contributed by atoms with van der Waals surface area (Å²) in [6.07, 6.45) is -0.155. The molecule has 0 amide bonds. The topological polar surface area (TPSA) is 87.5 Å². The van der Waals surface area contributed by atoms with Crippen LogP contribution in [0.1, 0.15) is 19.8 Å². The summed E-state index contributed by atoms with van der Waals surface area (Å²) in [5.41, 5.74) is 0. The molecule has 6 nitrogen and oxygen atoms in total. The summed E-state index contributed by atoms with van der Waals surface area (Å²) in [7, 11) is -3.69. The van der Waals surface area contributed by atoms with Crippen molar-refractivity contribution in [3.63, 3.8) is 0 Å². The number of hydrogen-bond acceptors (Lipinski definition) is 5. The number of nitriles is 1. The minimum absolute atomic E-state index is 0.0260. The molecule has 124 valence electrons. The highest BCUT2D eigenvalue weighted by Crippen LogP contribution is 2.25. The van der Waals surface area contributed by atoms with E-state index in [2.05, 4.69) is 0 Å². The zero-order chi connectivity index (χ0) is 17.0. The van der Waals surface area contributed by atoms with E-state index in [9.17, 15) is 17.6 Å². The summed E-state index contributed by atoms with van der Waals surface area (Å²) < 4.78 is 44.0. The van der Waals surface area contributed by atoms with Gasteiger partial charge in [-0.15, -0.1) is 0 Å². The van der Waals surface area contributed by atoms with Crippen LogP contribution in [0.2, 0.25) is 0 Å². The molecule has 0 N–H and O–H groups in total. The van der Waals surface area contributed by atoms with Crippen LogP contribution in [-0.4, -0.2) is 37.9 Å². The second-order valence-electron chi connectivity index (χ2n) is 5.34. The Kier molecular flexibility index (Phi) is 5.34. The second kappa shape index (κ2) is 7.06. The summed E-state index contributed by atoms with van der Waals surface area (Å²) in [6.45, 7) is 1.84. The fourth-order valence-corrected chi connectivity index (χ4v) is 3.85. The van der Waals surface area contributed by atoms with Crippen LogP contribution in [-0.2, 0) is 19.6 Å². The van der Waals surface area contributed by atoms with E-state index in [1.54, 1.807) is 0 Å². The van der Waals surface area contributed by atoms with E-state index in [4.69, 9.17) is 10.00 Å². The van der Waals surface area contributed by atoms with Crippen LogP contribution in [0.3, 0.4) is 0 Å². The van der Waals surface area contributed by atoms with Crippen LogP contribution >= 0.6 is 0 Å². The maximum Gasteiger partial charge on any atom is 0.310 e. The normalized spacial score (nSPS) is 18.1. The molecule has 1 aliphatic heterocycles. The van der Waals surface area contributed by atoms with Crippen molar-refractivity contribution in [1.29, 1.82) is 5.26 Å². The molecule has 1 unspecified atom stereocenters. The molecule has 8 heteroatoms. The standard InChI is InChI=1S/C15H17FN2O4S/c1-11(10-17)22-15(19)12-6-8-18(9-7-12)23(20,21)14-4-2-13(16)3-5-14/h2-5,11-12H,6-9H2,1H3. The lowest BCUT2D eigenvalue weighted by Crippen LogP contribution is -2.40. The summed E-state index contributed by atoms with van der Waals surface area (Å²) in [6, 6.07) is 6.45. The third kappa shape index (κ3) is 4.06. The van der Waals surface area contributed by atoms with Crippen molar-refractivity contribution in [2.75, 3.05) is 13.1 Å². The Morgan fingerprint density at radius 1 is 1.35 bits per heavy atom. The van der Waals surface area contributed by atoms with E-state index in [0.29, 0.717) is 12.8 Å². The van der Waals surface area contributed by atoms with Gasteiger partial charge in [-0.1, -0.05) is 0 Å². The van der Waals surface area contributed by atoms with Gasteiger partial charge in [-0.3, -0.25) is 4.79 Å². The molecular weight excluding hydrogens is 323 g/mol. The first-order chi connectivity index (χ1) is 10.8. The highest BCUT2D eigenvalue weighted by atomic mass is 32.2. The maximum atomic E-state index is 12.9. The molecule has 1 aliphatic rings. The molecule has 1 aromatic rings. The van der Waals surface area contributed by atoms with E-state index in [1.165, 1.54) is 23.4 Å². The fourth-order valence-electron chi connectivity index (χ4n) is 2.38. The molecule has 1 atom stereocenters. The molecule has 23 heavy (non-hydrogen) atoms. The zero-order valence-electron chi connectivity index (χ0n) is 12.6. The average Bonchev–Trinajstić information content (AvgIpc) is 2.55. The lowest BCUT2D eigenvalue weighted by Gasteiger charge is -2.30. The molecule has 0 spiro atoms. The fraction of sp³-hybridized carbons (Fsp3) is 0.467. The van der Waals surface area contributed by atoms with Gasteiger partial charge < -0.3 is 4.74 Å². The molecular formula is C15H17FN2O4S. The number of nitrogens with zero attached hydrogens (tertiary/aromatic N) is 2. The van der Waals surface area contributed by atoms with Crippen molar-refractivity contribution in [3.05, 3.63) is 30.1 Å². The third-order valence-electron chi connectivity index (χ3n) is 3.71. The van der Waals surface area contributed by atoms with Crippen molar-refractivity contribution in [1.82, 2.24) is 4.31 Å². The molecule has 0 bridgehead atoms. The van der Waals surface area contributed by atoms with Gasteiger partial charge in [0.2, 0.25) is 10.0 Å². The van der Waals surface area contributed by atoms with Crippen LogP contribution in [0.25, 0.3) is 0 Å². The first kappa shape index (κ1) is 17.4. The van der Waals surface area contributed by atoms with E-state index >= 15 is 0 Å². The Labute approximate surface area is 134 Å². The molecule has 1 saturated heterocycles. The van der Waals surface area contributed by atoms with Crippen LogP contribution in [0.15, 0.2) is 29.2 Å². The van der Waals surface area contributed by atoms with Crippen molar-refractivity contribution in [3.8, 4) is 6.07 Å². The van der Waals surface area contributed by atoms with Gasteiger partial charge in [0, 0.05) is 13.1 Å². The predicted molar refractivity (Wildman–Crippen MR) is 79.0 cm³/mol. The second-order valence-corrected chi connectivity index (χ2v) is 7.28. The highest BCUT2D eigenvalue weighted by molar-refractivity contribution is 7.89. The zero-order valence-corrected chi connectivity index (χ0v) is 13.4. The highest BCUT2D eigenvalue weighted by Gasteiger charge is 2.33. The minimum atomic E-state index is -3.69. The summed E-state index contributed by atoms with van der Waals surface area (Å²) in [5.74, 6) is -1.39. The van der Waals surface area contributed by atoms with Gasteiger partial charge in [0.25, 0.3) is 0 Å². The van der Waals surface area contributed by atoms with Crippen molar-refractivity contribution in [2.24, 2.45) is 5.92 Å². The Balaban J connectivity index is 2.00. The van der Waals surface area contributed by atoms with E-state index in [-0.39, 0.29) is 18.0 Å². The van der Waals surface area contributed by atoms with Crippen molar-refractivity contribution in [2.45, 2.75) is 30.8 Å². The smallest absolute Gasteiger partial charge is 0.310 e. The maximum absolute atomic E-state index is 12.9. The van der Waals surface area contributed by atoms with Gasteiger partial charge in [0.15, 0.2) is 6.10 Å². The molecule has 0 aliphatic carbocycles. The molecule has 1 aromatic carbocycles. The number of hydrogen-bond donors (Lipinski definition) is 0. The van der Waals surface area contributed by atoms with Gasteiger partial charge in [-0.25, -0.2) is 12.8 Å². The largest absolute Gasteiger partial charge is 0.447 e. The van der Waals surface area contributed by atoms with Crippen LogP contribution in [0.5, 0.6) is 0 Å². The van der Waals surface area contributed by atoms with Crippen LogP contribution in [0, 0.1) is 23.1 Å². The van der Waals surface area contributed by atoms with Crippen molar-refractivity contribution < 1.29 is 22.3 Å². The van der Waals surface area contributed by atoms with Gasteiger partial charge in [-0.2, -0.15) is 9.57 Å². The Bertz CT molecular complexity index is 704. The van der Waals surface area contributed by atoms with Crippen LogP contribution in [0.4, 0.5) is 4.39 Å². The van der Waals surface area contributed by atoms with E-state index in [1.807, 2.05) is 6.07 Å². The number of carbonyl (C=O) groups excluding carboxylic acids is 1.